The van der Waals surface area contributed by atoms with Crippen LogP contribution in [-0.4, -0.2) is 41.6 Å². The number of para-hydroxylation sites is 1. The van der Waals surface area contributed by atoms with E-state index >= 15 is 0 Å². The molecule has 1 aromatic heterocycles. The van der Waals surface area contributed by atoms with Crippen molar-refractivity contribution >= 4 is 36.2 Å². The van der Waals surface area contributed by atoms with Crippen molar-refractivity contribution in [3.8, 4) is 5.75 Å². The third-order valence-corrected chi connectivity index (χ3v) is 6.03. The summed E-state index contributed by atoms with van der Waals surface area (Å²) < 4.78 is 17.5. The standard InChI is InChI=1S/C21H25N4O2P/c1-25-10-8-15(9-11-25)13-27-16-6-7-17-19(12-16)22-14-23-21(17)24-18-4-2-3-5-20(18)28-26/h2-7,12,14-15H,8-11,13,28H2,1H3,(H,22,23,24). The summed E-state index contributed by atoms with van der Waals surface area (Å²) in [6, 6.07) is 13.5. The van der Waals surface area contributed by atoms with Gasteiger partial charge in [0.2, 0.25) is 0 Å². The Kier molecular flexibility index (Phi) is 5.89. The van der Waals surface area contributed by atoms with Gasteiger partial charge in [-0.25, -0.2) is 9.97 Å². The molecule has 0 bridgehead atoms. The van der Waals surface area contributed by atoms with Crippen molar-refractivity contribution in [3.05, 3.63) is 48.8 Å². The maximum absolute atomic E-state index is 11.5. The molecule has 1 atom stereocenters. The zero-order valence-electron chi connectivity index (χ0n) is 16.0. The van der Waals surface area contributed by atoms with Gasteiger partial charge in [-0.1, -0.05) is 12.1 Å². The summed E-state index contributed by atoms with van der Waals surface area (Å²) in [5.41, 5.74) is 1.64. The van der Waals surface area contributed by atoms with Crippen molar-refractivity contribution in [1.82, 2.24) is 14.9 Å². The third-order valence-electron chi connectivity index (χ3n) is 5.27. The van der Waals surface area contributed by atoms with Crippen LogP contribution in [0.2, 0.25) is 0 Å². The monoisotopic (exact) mass is 396 g/mol. The SMILES string of the molecule is CN1CCC(COc2ccc3c(Nc4ccccc4[PH2]=O)ncnc3c2)CC1. The van der Waals surface area contributed by atoms with Crippen molar-refractivity contribution in [1.29, 1.82) is 0 Å². The van der Waals surface area contributed by atoms with E-state index in [2.05, 4.69) is 27.2 Å². The van der Waals surface area contributed by atoms with Crippen molar-refractivity contribution in [2.24, 2.45) is 5.92 Å². The lowest BCUT2D eigenvalue weighted by Gasteiger charge is -2.28. The number of aromatic nitrogens is 2. The van der Waals surface area contributed by atoms with Gasteiger partial charge in [0.25, 0.3) is 0 Å². The molecule has 1 aliphatic heterocycles. The van der Waals surface area contributed by atoms with E-state index in [-0.39, 0.29) is 0 Å². The minimum atomic E-state index is -1.02. The van der Waals surface area contributed by atoms with Crippen LogP contribution < -0.4 is 15.4 Å². The Hall–Kier alpha value is -2.43. The minimum absolute atomic E-state index is 0.612. The first-order chi connectivity index (χ1) is 13.7. The van der Waals surface area contributed by atoms with Crippen molar-refractivity contribution in [2.45, 2.75) is 12.8 Å². The molecule has 7 heteroatoms. The molecule has 0 radical (unpaired) electrons. The summed E-state index contributed by atoms with van der Waals surface area (Å²) in [5, 5.41) is 5.00. The molecule has 28 heavy (non-hydrogen) atoms. The average molecular weight is 396 g/mol. The molecule has 1 N–H and O–H groups in total. The Labute approximate surface area is 166 Å². The minimum Gasteiger partial charge on any atom is -0.493 e. The van der Waals surface area contributed by atoms with Crippen LogP contribution in [0.5, 0.6) is 5.75 Å². The van der Waals surface area contributed by atoms with Crippen molar-refractivity contribution < 1.29 is 9.30 Å². The van der Waals surface area contributed by atoms with Crippen LogP contribution >= 0.6 is 8.46 Å². The summed E-state index contributed by atoms with van der Waals surface area (Å²) in [6.45, 7) is 3.02. The highest BCUT2D eigenvalue weighted by molar-refractivity contribution is 7.34. The van der Waals surface area contributed by atoms with Crippen LogP contribution in [0.4, 0.5) is 11.5 Å². The number of benzene rings is 2. The Bertz CT molecular complexity index is 974. The van der Waals surface area contributed by atoms with Crippen LogP contribution in [0.25, 0.3) is 10.9 Å². The van der Waals surface area contributed by atoms with E-state index in [0.717, 1.165) is 47.3 Å². The number of piperidine rings is 1. The Morgan fingerprint density at radius 1 is 1.18 bits per heavy atom. The highest BCUT2D eigenvalue weighted by atomic mass is 31.1. The molecule has 0 saturated carbocycles. The predicted octanol–water partition coefficient (Wildman–Crippen LogP) is 3.48. The molecule has 4 rings (SSSR count). The first-order valence-electron chi connectivity index (χ1n) is 9.60. The Morgan fingerprint density at radius 3 is 2.82 bits per heavy atom. The summed E-state index contributed by atoms with van der Waals surface area (Å²) in [5.74, 6) is 2.15. The molecule has 1 saturated heterocycles. The van der Waals surface area contributed by atoms with Gasteiger partial charge in [-0.15, -0.1) is 0 Å². The van der Waals surface area contributed by atoms with Crippen molar-refractivity contribution in [2.75, 3.05) is 32.1 Å². The van der Waals surface area contributed by atoms with Gasteiger partial charge in [0, 0.05) is 22.4 Å². The molecule has 146 valence electrons. The topological polar surface area (TPSA) is 67.3 Å². The predicted molar refractivity (Wildman–Crippen MR) is 115 cm³/mol. The summed E-state index contributed by atoms with van der Waals surface area (Å²) in [7, 11) is 1.15. The molecule has 2 heterocycles. The Balaban J connectivity index is 1.50. The fourth-order valence-electron chi connectivity index (χ4n) is 3.51. The molecule has 0 spiro atoms. The second-order valence-corrected chi connectivity index (χ2v) is 8.15. The van der Waals surface area contributed by atoms with E-state index in [0.29, 0.717) is 11.7 Å². The lowest BCUT2D eigenvalue weighted by molar-refractivity contribution is 0.160. The van der Waals surface area contributed by atoms with Gasteiger partial charge in [-0.2, -0.15) is 0 Å². The largest absolute Gasteiger partial charge is 0.493 e. The van der Waals surface area contributed by atoms with Gasteiger partial charge in [0.05, 0.1) is 20.6 Å². The van der Waals surface area contributed by atoms with Gasteiger partial charge in [0.15, 0.2) is 0 Å². The molecule has 1 fully saturated rings. The molecular weight excluding hydrogens is 371 g/mol. The highest BCUT2D eigenvalue weighted by Gasteiger charge is 2.17. The quantitative estimate of drug-likeness (QED) is 0.644. The zero-order valence-corrected chi connectivity index (χ0v) is 17.1. The van der Waals surface area contributed by atoms with Crippen LogP contribution in [0, 0.1) is 5.92 Å². The number of rotatable bonds is 6. The summed E-state index contributed by atoms with van der Waals surface area (Å²) >= 11 is 0. The van der Waals surface area contributed by atoms with E-state index in [4.69, 9.17) is 4.74 Å². The fourth-order valence-corrected chi connectivity index (χ4v) is 4.00. The van der Waals surface area contributed by atoms with Gasteiger partial charge in [-0.05, 0) is 63.2 Å². The van der Waals surface area contributed by atoms with E-state index in [1.54, 1.807) is 0 Å². The van der Waals surface area contributed by atoms with Crippen LogP contribution in [-0.2, 0) is 4.57 Å². The maximum Gasteiger partial charge on any atom is 0.141 e. The number of ether oxygens (including phenoxy) is 1. The number of hydrogen-bond acceptors (Lipinski definition) is 6. The van der Waals surface area contributed by atoms with E-state index < -0.39 is 8.46 Å². The second kappa shape index (κ2) is 8.72. The fraction of sp³-hybridized carbons (Fsp3) is 0.333. The van der Waals surface area contributed by atoms with Crippen molar-refractivity contribution in [3.63, 3.8) is 0 Å². The second-order valence-electron chi connectivity index (χ2n) is 7.29. The average Bonchev–Trinajstić information content (AvgIpc) is 2.74. The first-order valence-corrected chi connectivity index (χ1v) is 10.6. The van der Waals surface area contributed by atoms with Crippen LogP contribution in [0.15, 0.2) is 48.8 Å². The molecule has 3 aromatic rings. The molecular formula is C21H25N4O2P. The highest BCUT2D eigenvalue weighted by Crippen LogP contribution is 2.27. The number of nitrogens with one attached hydrogen (secondary N) is 1. The number of anilines is 2. The molecule has 0 amide bonds. The smallest absolute Gasteiger partial charge is 0.141 e. The zero-order chi connectivity index (χ0) is 19.3. The Morgan fingerprint density at radius 2 is 2.00 bits per heavy atom. The number of hydrogen-bond donors (Lipinski definition) is 1. The lowest BCUT2D eigenvalue weighted by Crippen LogP contribution is -2.32. The maximum atomic E-state index is 11.5. The first kappa shape index (κ1) is 18.9. The molecule has 1 unspecified atom stereocenters. The summed E-state index contributed by atoms with van der Waals surface area (Å²) in [4.78, 5) is 11.1. The van der Waals surface area contributed by atoms with Gasteiger partial charge >= 0.3 is 0 Å². The number of fused-ring (bicyclic) bond motifs is 1. The molecule has 6 nitrogen and oxygen atoms in total. The van der Waals surface area contributed by atoms with Crippen LogP contribution in [0.3, 0.4) is 0 Å². The molecule has 1 aliphatic rings. The molecule has 2 aromatic carbocycles. The number of likely N-dealkylation sites (tertiary alicyclic amines) is 1. The molecule has 0 aliphatic carbocycles. The normalized spacial score (nSPS) is 16.0. The van der Waals surface area contributed by atoms with Crippen LogP contribution in [0.1, 0.15) is 12.8 Å². The summed E-state index contributed by atoms with van der Waals surface area (Å²) in [6.07, 6.45) is 3.90. The van der Waals surface area contributed by atoms with Gasteiger partial charge in [-0.3, -0.25) is 0 Å². The van der Waals surface area contributed by atoms with Gasteiger partial charge < -0.3 is 19.5 Å². The van der Waals surface area contributed by atoms with E-state index in [9.17, 15) is 4.57 Å². The third kappa shape index (κ3) is 4.34. The number of nitrogens with zero attached hydrogens (tertiary/aromatic N) is 3. The van der Waals surface area contributed by atoms with E-state index in [1.807, 2.05) is 42.5 Å². The lowest BCUT2D eigenvalue weighted by atomic mass is 9.98. The van der Waals surface area contributed by atoms with E-state index in [1.165, 1.54) is 19.2 Å². The van der Waals surface area contributed by atoms with Gasteiger partial charge in [0.1, 0.15) is 17.9 Å².